The average Bonchev–Trinajstić information content (AvgIpc) is 2.98. The number of anilines is 1. The smallest absolute Gasteiger partial charge is 0.427 e. The van der Waals surface area contributed by atoms with Gasteiger partial charge < -0.3 is 9.84 Å². The van der Waals surface area contributed by atoms with E-state index in [0.717, 1.165) is 29.3 Å². The number of rotatable bonds is 3. The van der Waals surface area contributed by atoms with Crippen LogP contribution in [0.4, 0.5) is 28.0 Å². The number of benzene rings is 2. The number of halogens is 4. The van der Waals surface area contributed by atoms with E-state index in [0.29, 0.717) is 0 Å². The van der Waals surface area contributed by atoms with Gasteiger partial charge in [0.1, 0.15) is 5.75 Å². The Kier molecular flexibility index (Phi) is 4.83. The van der Waals surface area contributed by atoms with E-state index < -0.39 is 23.7 Å². The van der Waals surface area contributed by atoms with Crippen molar-refractivity contribution in [1.82, 2.24) is 9.91 Å². The first kappa shape index (κ1) is 18.8. The van der Waals surface area contributed by atoms with Crippen LogP contribution in [0.1, 0.15) is 5.56 Å². The number of ether oxygens (including phenoxy) is 1. The minimum Gasteiger partial charge on any atom is -0.464 e. The Morgan fingerprint density at radius 3 is 2.52 bits per heavy atom. The van der Waals surface area contributed by atoms with E-state index in [1.165, 1.54) is 23.2 Å². The molecule has 1 aliphatic heterocycles. The van der Waals surface area contributed by atoms with Gasteiger partial charge in [0.15, 0.2) is 11.6 Å². The number of carbonyl (C=O) groups is 1. The van der Waals surface area contributed by atoms with Gasteiger partial charge in [0.2, 0.25) is 0 Å². The quantitative estimate of drug-likeness (QED) is 0.803. The first-order chi connectivity index (χ1) is 12.6. The standard InChI is InChI=1S/C17H15F4N3O3/c1-22-9-23(24(10-22)16(25)26)12-5-6-15(14(18)8-12)27-13-4-2-3-11(7-13)17(19,20)21/h2-8H,9-10H2,1H3,(H,25,26). The second kappa shape index (κ2) is 6.95. The highest BCUT2D eigenvalue weighted by Gasteiger charge is 2.32. The van der Waals surface area contributed by atoms with Crippen LogP contribution >= 0.6 is 0 Å². The van der Waals surface area contributed by atoms with Crippen LogP contribution in [-0.2, 0) is 6.18 Å². The van der Waals surface area contributed by atoms with Crippen molar-refractivity contribution in [2.75, 3.05) is 25.4 Å². The van der Waals surface area contributed by atoms with Gasteiger partial charge in [-0.2, -0.15) is 13.2 Å². The molecule has 0 aromatic heterocycles. The highest BCUT2D eigenvalue weighted by Crippen LogP contribution is 2.34. The molecule has 2 aromatic rings. The van der Waals surface area contributed by atoms with Gasteiger partial charge in [-0.25, -0.2) is 14.2 Å². The van der Waals surface area contributed by atoms with E-state index in [1.807, 2.05) is 0 Å². The monoisotopic (exact) mass is 385 g/mol. The minimum atomic E-state index is -4.54. The zero-order valence-corrected chi connectivity index (χ0v) is 14.1. The molecular weight excluding hydrogens is 370 g/mol. The normalized spacial score (nSPS) is 15.3. The van der Waals surface area contributed by atoms with Crippen molar-refractivity contribution in [3.63, 3.8) is 0 Å². The van der Waals surface area contributed by atoms with E-state index >= 15 is 0 Å². The number of amides is 1. The van der Waals surface area contributed by atoms with Crippen LogP contribution in [0.15, 0.2) is 42.5 Å². The van der Waals surface area contributed by atoms with Crippen molar-refractivity contribution < 1.29 is 32.2 Å². The summed E-state index contributed by atoms with van der Waals surface area (Å²) in [5, 5.41) is 11.6. The molecule has 0 saturated carbocycles. The van der Waals surface area contributed by atoms with Crippen molar-refractivity contribution in [3.05, 3.63) is 53.8 Å². The Morgan fingerprint density at radius 1 is 1.15 bits per heavy atom. The van der Waals surface area contributed by atoms with Crippen molar-refractivity contribution in [1.29, 1.82) is 0 Å². The molecule has 0 bridgehead atoms. The lowest BCUT2D eigenvalue weighted by molar-refractivity contribution is -0.137. The summed E-state index contributed by atoms with van der Waals surface area (Å²) in [4.78, 5) is 13.0. The third-order valence-corrected chi connectivity index (χ3v) is 3.87. The lowest BCUT2D eigenvalue weighted by Crippen LogP contribution is -2.40. The molecule has 2 aromatic carbocycles. The fraction of sp³-hybridized carbons (Fsp3) is 0.235. The third kappa shape index (κ3) is 4.05. The average molecular weight is 385 g/mol. The van der Waals surface area contributed by atoms with Crippen LogP contribution in [0.5, 0.6) is 11.5 Å². The van der Waals surface area contributed by atoms with E-state index in [1.54, 1.807) is 11.9 Å². The first-order valence-corrected chi connectivity index (χ1v) is 7.76. The Hall–Kier alpha value is -3.01. The van der Waals surface area contributed by atoms with Gasteiger partial charge >= 0.3 is 12.3 Å². The highest BCUT2D eigenvalue weighted by molar-refractivity contribution is 5.69. The zero-order chi connectivity index (χ0) is 19.8. The fourth-order valence-electron chi connectivity index (χ4n) is 2.64. The summed E-state index contributed by atoms with van der Waals surface area (Å²) in [5.41, 5.74) is -0.634. The number of hydrazine groups is 1. The Bertz CT molecular complexity index is 860. The molecule has 1 N–H and O–H groups in total. The van der Waals surface area contributed by atoms with Gasteiger partial charge in [0.25, 0.3) is 0 Å². The molecule has 0 spiro atoms. The summed E-state index contributed by atoms with van der Waals surface area (Å²) in [6.07, 6.45) is -5.73. The topological polar surface area (TPSA) is 56.2 Å². The number of alkyl halides is 3. The Labute approximate surface area is 151 Å². The second-order valence-electron chi connectivity index (χ2n) is 5.96. The molecule has 1 amide bonds. The third-order valence-electron chi connectivity index (χ3n) is 3.87. The van der Waals surface area contributed by atoms with Crippen LogP contribution in [0, 0.1) is 5.82 Å². The van der Waals surface area contributed by atoms with Crippen LogP contribution in [0.2, 0.25) is 0 Å². The van der Waals surface area contributed by atoms with Crippen molar-refractivity contribution in [3.8, 4) is 11.5 Å². The maximum absolute atomic E-state index is 14.4. The number of nitrogens with zero attached hydrogens (tertiary/aromatic N) is 3. The molecule has 0 unspecified atom stereocenters. The summed E-state index contributed by atoms with van der Waals surface area (Å²) in [6.45, 7) is 0.360. The first-order valence-electron chi connectivity index (χ1n) is 7.76. The molecule has 10 heteroatoms. The van der Waals surface area contributed by atoms with Crippen molar-refractivity contribution >= 4 is 11.8 Å². The van der Waals surface area contributed by atoms with Gasteiger partial charge in [-0.3, -0.25) is 9.91 Å². The van der Waals surface area contributed by atoms with Gasteiger partial charge in [-0.05, 0) is 37.4 Å². The molecule has 144 valence electrons. The maximum Gasteiger partial charge on any atom is 0.427 e. The molecule has 0 atom stereocenters. The SMILES string of the molecule is CN1CN(C(=O)O)N(c2ccc(Oc3cccc(C(F)(F)F)c3)c(F)c2)C1. The number of hydrogen-bond donors (Lipinski definition) is 1. The largest absolute Gasteiger partial charge is 0.464 e. The van der Waals surface area contributed by atoms with Crippen LogP contribution < -0.4 is 9.75 Å². The number of carboxylic acid groups (broad SMARTS) is 1. The summed E-state index contributed by atoms with van der Waals surface area (Å²) in [6, 6.07) is 7.84. The van der Waals surface area contributed by atoms with E-state index in [2.05, 4.69) is 0 Å². The molecular formula is C17H15F4N3O3. The summed E-state index contributed by atoms with van der Waals surface area (Å²) in [5.74, 6) is -1.26. The molecule has 0 radical (unpaired) electrons. The molecule has 3 rings (SSSR count). The minimum absolute atomic E-state index is 0.124. The summed E-state index contributed by atoms with van der Waals surface area (Å²) >= 11 is 0. The van der Waals surface area contributed by atoms with Crippen LogP contribution in [0.3, 0.4) is 0 Å². The lowest BCUT2D eigenvalue weighted by Gasteiger charge is -2.26. The van der Waals surface area contributed by atoms with Crippen molar-refractivity contribution in [2.45, 2.75) is 6.18 Å². The zero-order valence-electron chi connectivity index (χ0n) is 14.1. The summed E-state index contributed by atoms with van der Waals surface area (Å²) in [7, 11) is 1.71. The van der Waals surface area contributed by atoms with Gasteiger partial charge in [0.05, 0.1) is 24.6 Å². The van der Waals surface area contributed by atoms with Gasteiger partial charge in [0, 0.05) is 6.07 Å². The van der Waals surface area contributed by atoms with E-state index in [9.17, 15) is 27.5 Å². The fourth-order valence-corrected chi connectivity index (χ4v) is 2.64. The molecule has 1 heterocycles. The Balaban J connectivity index is 1.83. The van der Waals surface area contributed by atoms with Crippen LogP contribution in [-0.4, -0.2) is 41.5 Å². The predicted octanol–water partition coefficient (Wildman–Crippen LogP) is 4.20. The number of hydrogen-bond acceptors (Lipinski definition) is 4. The van der Waals surface area contributed by atoms with Crippen LogP contribution in [0.25, 0.3) is 0 Å². The molecule has 27 heavy (non-hydrogen) atoms. The highest BCUT2D eigenvalue weighted by atomic mass is 19.4. The molecule has 0 aliphatic carbocycles. The van der Waals surface area contributed by atoms with E-state index in [-0.39, 0.29) is 30.5 Å². The molecule has 1 saturated heterocycles. The maximum atomic E-state index is 14.4. The van der Waals surface area contributed by atoms with Gasteiger partial charge in [-0.15, -0.1) is 0 Å². The van der Waals surface area contributed by atoms with E-state index in [4.69, 9.17) is 4.74 Å². The molecule has 1 aliphatic rings. The Morgan fingerprint density at radius 2 is 1.89 bits per heavy atom. The summed E-state index contributed by atoms with van der Waals surface area (Å²) < 4.78 is 57.9. The van der Waals surface area contributed by atoms with Gasteiger partial charge in [-0.1, -0.05) is 6.07 Å². The molecule has 1 fully saturated rings. The second-order valence-corrected chi connectivity index (χ2v) is 5.96. The van der Waals surface area contributed by atoms with Crippen molar-refractivity contribution in [2.24, 2.45) is 0 Å². The lowest BCUT2D eigenvalue weighted by atomic mass is 10.2. The molecule has 6 nitrogen and oxygen atoms in total. The predicted molar refractivity (Wildman–Crippen MR) is 87.8 cm³/mol.